The van der Waals surface area contributed by atoms with Gasteiger partial charge in [0.2, 0.25) is 0 Å². The summed E-state index contributed by atoms with van der Waals surface area (Å²) in [6, 6.07) is 6.38. The van der Waals surface area contributed by atoms with Crippen molar-refractivity contribution in [3.8, 4) is 0 Å². The van der Waals surface area contributed by atoms with Crippen LogP contribution in [0, 0.1) is 0 Å². The van der Waals surface area contributed by atoms with Gasteiger partial charge in [-0.2, -0.15) is 0 Å². The number of esters is 1. The summed E-state index contributed by atoms with van der Waals surface area (Å²) in [4.78, 5) is 11.3. The predicted octanol–water partition coefficient (Wildman–Crippen LogP) is 1.23. The first-order valence-electron chi connectivity index (χ1n) is 4.68. The smallest absolute Gasteiger partial charge is 0.340 e. The number of carbonyl (C=O) groups excluding carboxylic acids is 1. The maximum absolute atomic E-state index is 11.3. The van der Waals surface area contributed by atoms with Gasteiger partial charge in [0.25, 0.3) is 0 Å². The molecule has 0 amide bonds. The van der Waals surface area contributed by atoms with Gasteiger partial charge in [0.1, 0.15) is 0 Å². The lowest BCUT2D eigenvalue weighted by molar-refractivity contribution is -0.0523. The van der Waals surface area contributed by atoms with Crippen molar-refractivity contribution in [2.75, 3.05) is 0 Å². The first-order chi connectivity index (χ1) is 7.00. The van der Waals surface area contributed by atoms with Crippen molar-refractivity contribution in [1.82, 2.24) is 0 Å². The number of hydrogen-bond donors (Lipinski definition) is 2. The molecule has 0 aliphatic rings. The number of benzene rings is 1. The number of hydrogen-bond acceptors (Lipinski definition) is 4. The molecule has 0 radical (unpaired) electrons. The largest absolute Gasteiger partial charge is 0.433 e. The van der Waals surface area contributed by atoms with Crippen molar-refractivity contribution < 1.29 is 19.7 Å². The fourth-order valence-corrected chi connectivity index (χ4v) is 1.12. The average molecular weight is 210 g/mol. The lowest BCUT2D eigenvalue weighted by Gasteiger charge is -2.08. The molecule has 2 atom stereocenters. The Morgan fingerprint density at radius 2 is 1.73 bits per heavy atom. The van der Waals surface area contributed by atoms with Crippen LogP contribution in [0.2, 0.25) is 0 Å². The Bertz CT molecular complexity index is 327. The Labute approximate surface area is 88.1 Å². The van der Waals surface area contributed by atoms with Crippen LogP contribution in [-0.4, -0.2) is 22.5 Å². The minimum atomic E-state index is -1.12. The van der Waals surface area contributed by atoms with E-state index in [1.54, 1.807) is 31.2 Å². The zero-order valence-electron chi connectivity index (χ0n) is 8.68. The Morgan fingerprint density at radius 1 is 1.20 bits per heavy atom. The van der Waals surface area contributed by atoms with Gasteiger partial charge in [0.15, 0.2) is 6.29 Å². The lowest BCUT2D eigenvalue weighted by atomic mass is 10.1. The van der Waals surface area contributed by atoms with Crippen LogP contribution in [0.1, 0.15) is 35.9 Å². The van der Waals surface area contributed by atoms with E-state index in [1.807, 2.05) is 0 Å². The van der Waals surface area contributed by atoms with Crippen LogP contribution >= 0.6 is 0 Å². The maximum Gasteiger partial charge on any atom is 0.340 e. The van der Waals surface area contributed by atoms with Gasteiger partial charge in [-0.3, -0.25) is 0 Å². The van der Waals surface area contributed by atoms with Gasteiger partial charge >= 0.3 is 5.97 Å². The van der Waals surface area contributed by atoms with E-state index in [4.69, 9.17) is 5.11 Å². The maximum atomic E-state index is 11.3. The van der Waals surface area contributed by atoms with E-state index in [0.29, 0.717) is 5.56 Å². The fourth-order valence-electron chi connectivity index (χ4n) is 1.12. The number of carbonyl (C=O) groups is 1. The van der Waals surface area contributed by atoms with Crippen molar-refractivity contribution in [2.24, 2.45) is 0 Å². The van der Waals surface area contributed by atoms with Gasteiger partial charge < -0.3 is 14.9 Å². The SMILES string of the molecule is CC(O)OC(=O)c1ccc(C(C)O)cc1. The minimum Gasteiger partial charge on any atom is -0.433 e. The topological polar surface area (TPSA) is 66.8 Å². The van der Waals surface area contributed by atoms with E-state index in [9.17, 15) is 9.90 Å². The highest BCUT2D eigenvalue weighted by molar-refractivity contribution is 5.89. The Balaban J connectivity index is 2.75. The first-order valence-corrected chi connectivity index (χ1v) is 4.68. The van der Waals surface area contributed by atoms with Gasteiger partial charge in [-0.05, 0) is 31.5 Å². The van der Waals surface area contributed by atoms with Crippen LogP contribution < -0.4 is 0 Å². The number of rotatable bonds is 3. The summed E-state index contributed by atoms with van der Waals surface area (Å²) in [5.41, 5.74) is 1.07. The van der Waals surface area contributed by atoms with E-state index >= 15 is 0 Å². The summed E-state index contributed by atoms with van der Waals surface area (Å²) in [6.45, 7) is 3.01. The van der Waals surface area contributed by atoms with Crippen molar-refractivity contribution in [3.05, 3.63) is 35.4 Å². The molecule has 2 N–H and O–H groups in total. The van der Waals surface area contributed by atoms with E-state index in [0.717, 1.165) is 5.56 Å². The minimum absolute atomic E-state index is 0.348. The summed E-state index contributed by atoms with van der Waals surface area (Å²) in [7, 11) is 0. The summed E-state index contributed by atoms with van der Waals surface area (Å²) in [6.07, 6.45) is -1.68. The van der Waals surface area contributed by atoms with Gasteiger partial charge in [-0.1, -0.05) is 12.1 Å². The zero-order valence-corrected chi connectivity index (χ0v) is 8.68. The van der Waals surface area contributed by atoms with Crippen LogP contribution in [0.4, 0.5) is 0 Å². The summed E-state index contributed by atoms with van der Waals surface area (Å²) in [5, 5.41) is 18.1. The van der Waals surface area contributed by atoms with E-state index in [-0.39, 0.29) is 0 Å². The number of aliphatic hydroxyl groups excluding tert-OH is 2. The third kappa shape index (κ3) is 3.34. The molecule has 0 saturated heterocycles. The second-order valence-electron chi connectivity index (χ2n) is 3.30. The molecule has 0 aliphatic heterocycles. The van der Waals surface area contributed by atoms with Crippen molar-refractivity contribution in [2.45, 2.75) is 26.2 Å². The molecule has 1 aromatic rings. The molecule has 0 fully saturated rings. The molecule has 0 bridgehead atoms. The summed E-state index contributed by atoms with van der Waals surface area (Å²) >= 11 is 0. The van der Waals surface area contributed by atoms with Gasteiger partial charge in [0, 0.05) is 0 Å². The van der Waals surface area contributed by atoms with E-state index in [2.05, 4.69) is 4.74 Å². The van der Waals surface area contributed by atoms with Crippen molar-refractivity contribution in [1.29, 1.82) is 0 Å². The molecular formula is C11H14O4. The third-order valence-corrected chi connectivity index (χ3v) is 1.91. The van der Waals surface area contributed by atoms with Gasteiger partial charge in [-0.15, -0.1) is 0 Å². The fraction of sp³-hybridized carbons (Fsp3) is 0.364. The quantitative estimate of drug-likeness (QED) is 0.581. The summed E-state index contributed by atoms with van der Waals surface area (Å²) in [5.74, 6) is -0.581. The molecular weight excluding hydrogens is 196 g/mol. The molecule has 0 aliphatic carbocycles. The van der Waals surface area contributed by atoms with E-state index < -0.39 is 18.4 Å². The predicted molar refractivity (Wildman–Crippen MR) is 54.2 cm³/mol. The highest BCUT2D eigenvalue weighted by Gasteiger charge is 2.10. The molecule has 0 heterocycles. The monoisotopic (exact) mass is 210 g/mol. The number of ether oxygens (including phenoxy) is 1. The van der Waals surface area contributed by atoms with Crippen LogP contribution in [0.15, 0.2) is 24.3 Å². The molecule has 4 heteroatoms. The molecule has 82 valence electrons. The van der Waals surface area contributed by atoms with Crippen LogP contribution in [-0.2, 0) is 4.74 Å². The van der Waals surface area contributed by atoms with Gasteiger partial charge in [-0.25, -0.2) is 4.79 Å². The molecule has 2 unspecified atom stereocenters. The first kappa shape index (κ1) is 11.7. The van der Waals surface area contributed by atoms with Crippen molar-refractivity contribution in [3.63, 3.8) is 0 Å². The lowest BCUT2D eigenvalue weighted by Crippen LogP contribution is -2.13. The zero-order chi connectivity index (χ0) is 11.4. The van der Waals surface area contributed by atoms with Crippen LogP contribution in [0.25, 0.3) is 0 Å². The Kier molecular flexibility index (Phi) is 3.82. The average Bonchev–Trinajstić information content (AvgIpc) is 2.17. The molecule has 4 nitrogen and oxygen atoms in total. The summed E-state index contributed by atoms with van der Waals surface area (Å²) < 4.78 is 4.59. The van der Waals surface area contributed by atoms with Crippen LogP contribution in [0.3, 0.4) is 0 Å². The second-order valence-corrected chi connectivity index (χ2v) is 3.30. The highest BCUT2D eigenvalue weighted by Crippen LogP contribution is 2.13. The number of aliphatic hydroxyl groups is 2. The highest BCUT2D eigenvalue weighted by atomic mass is 16.6. The Hall–Kier alpha value is -1.39. The third-order valence-electron chi connectivity index (χ3n) is 1.91. The molecule has 0 spiro atoms. The van der Waals surface area contributed by atoms with Crippen LogP contribution in [0.5, 0.6) is 0 Å². The standard InChI is InChI=1S/C11H14O4/c1-7(12)9-3-5-10(6-4-9)11(14)15-8(2)13/h3-8,12-13H,1-2H3. The van der Waals surface area contributed by atoms with E-state index in [1.165, 1.54) is 6.92 Å². The second kappa shape index (κ2) is 4.91. The van der Waals surface area contributed by atoms with Gasteiger partial charge in [0.05, 0.1) is 11.7 Å². The molecule has 0 aromatic heterocycles. The molecule has 15 heavy (non-hydrogen) atoms. The molecule has 1 aromatic carbocycles. The molecule has 0 saturated carbocycles. The molecule has 1 rings (SSSR count). The normalized spacial score (nSPS) is 14.4. The Morgan fingerprint density at radius 3 is 2.13 bits per heavy atom. The van der Waals surface area contributed by atoms with Crippen molar-refractivity contribution >= 4 is 5.97 Å².